The van der Waals surface area contributed by atoms with Crippen LogP contribution in [0.5, 0.6) is 5.75 Å². The third kappa shape index (κ3) is 4.99. The fraction of sp³-hybridized carbons (Fsp3) is 0.318. The molecule has 13 heteroatoms. The maximum atomic E-state index is 14.0. The molecular formula is C22H22F2N6O4S. The van der Waals surface area contributed by atoms with Crippen molar-refractivity contribution in [3.63, 3.8) is 0 Å². The van der Waals surface area contributed by atoms with E-state index in [9.17, 15) is 28.3 Å². The Balaban J connectivity index is 1.75. The van der Waals surface area contributed by atoms with Crippen LogP contribution in [0, 0.1) is 11.6 Å². The van der Waals surface area contributed by atoms with Crippen molar-refractivity contribution in [3.05, 3.63) is 62.5 Å². The molecule has 1 aliphatic rings. The number of nitrogens with one attached hydrogen (secondary N) is 1. The van der Waals surface area contributed by atoms with Gasteiger partial charge < -0.3 is 20.3 Å². The molecule has 4 rings (SSSR count). The molecule has 2 amide bonds. The second-order valence-corrected chi connectivity index (χ2v) is 9.10. The van der Waals surface area contributed by atoms with E-state index in [0.717, 1.165) is 23.5 Å². The number of halogens is 2. The first kappa shape index (κ1) is 24.3. The minimum Gasteiger partial charge on any atom is -0.502 e. The summed E-state index contributed by atoms with van der Waals surface area (Å²) in [4.78, 5) is 39.5. The Morgan fingerprint density at radius 2 is 1.91 bits per heavy atom. The monoisotopic (exact) mass is 504 g/mol. The highest BCUT2D eigenvalue weighted by Crippen LogP contribution is 2.27. The summed E-state index contributed by atoms with van der Waals surface area (Å²) in [6, 6.07) is 3.21. The number of pyridine rings is 1. The molecule has 0 unspecified atom stereocenters. The number of aromatic nitrogens is 3. The fourth-order valence-electron chi connectivity index (χ4n) is 3.58. The van der Waals surface area contributed by atoms with Gasteiger partial charge in [-0.3, -0.25) is 19.1 Å². The fourth-order valence-corrected chi connectivity index (χ4v) is 4.45. The van der Waals surface area contributed by atoms with Gasteiger partial charge in [0.15, 0.2) is 16.5 Å². The molecule has 0 fully saturated rings. The van der Waals surface area contributed by atoms with Crippen LogP contribution >= 0.6 is 11.3 Å². The van der Waals surface area contributed by atoms with E-state index < -0.39 is 28.7 Å². The van der Waals surface area contributed by atoms with Crippen molar-refractivity contribution in [2.24, 2.45) is 0 Å². The first-order valence-electron chi connectivity index (χ1n) is 10.6. The third-order valence-corrected chi connectivity index (χ3v) is 6.52. The summed E-state index contributed by atoms with van der Waals surface area (Å²) in [6.07, 6.45) is 1.52. The summed E-state index contributed by atoms with van der Waals surface area (Å²) in [5.74, 6) is -2.98. The largest absolute Gasteiger partial charge is 0.502 e. The van der Waals surface area contributed by atoms with Gasteiger partial charge in [0.2, 0.25) is 11.3 Å². The summed E-state index contributed by atoms with van der Waals surface area (Å²) < 4.78 is 28.5. The maximum absolute atomic E-state index is 14.0. The van der Waals surface area contributed by atoms with Crippen LogP contribution in [0.4, 0.5) is 8.78 Å². The van der Waals surface area contributed by atoms with E-state index >= 15 is 0 Å². The SMILES string of the molecule is CN1CCNC(=O)CCN(C)n2cc(-c3nnc(Cc4ccc(F)cc4F)s3)c(=O)c(O)c2C1=O. The lowest BCUT2D eigenvalue weighted by atomic mass is 10.1. The van der Waals surface area contributed by atoms with Crippen molar-refractivity contribution in [2.45, 2.75) is 12.8 Å². The molecule has 1 aliphatic heterocycles. The zero-order chi connectivity index (χ0) is 25.3. The van der Waals surface area contributed by atoms with Gasteiger partial charge in [0.25, 0.3) is 5.91 Å². The minimum atomic E-state index is -0.814. The van der Waals surface area contributed by atoms with Crippen molar-refractivity contribution < 1.29 is 23.5 Å². The van der Waals surface area contributed by atoms with Crippen LogP contribution < -0.4 is 15.8 Å². The van der Waals surface area contributed by atoms with E-state index in [1.54, 1.807) is 7.05 Å². The summed E-state index contributed by atoms with van der Waals surface area (Å²) in [5, 5.41) is 23.6. The average molecular weight is 505 g/mol. The predicted octanol–water partition coefficient (Wildman–Crippen LogP) is 1.10. The molecule has 1 aromatic carbocycles. The van der Waals surface area contributed by atoms with Crippen LogP contribution in [0.25, 0.3) is 10.6 Å². The van der Waals surface area contributed by atoms with Crippen molar-refractivity contribution in [2.75, 3.05) is 38.7 Å². The second kappa shape index (κ2) is 9.78. The second-order valence-electron chi connectivity index (χ2n) is 8.04. The Morgan fingerprint density at radius 3 is 2.66 bits per heavy atom. The first-order valence-corrected chi connectivity index (χ1v) is 11.5. The van der Waals surface area contributed by atoms with E-state index in [1.165, 1.54) is 33.9 Å². The molecule has 0 atom stereocenters. The van der Waals surface area contributed by atoms with Crippen molar-refractivity contribution in [1.29, 1.82) is 0 Å². The zero-order valence-corrected chi connectivity index (χ0v) is 19.7. The normalized spacial score (nSPS) is 15.0. The van der Waals surface area contributed by atoms with Crippen LogP contribution in [0.2, 0.25) is 0 Å². The quantitative estimate of drug-likeness (QED) is 0.548. The Labute approximate surface area is 202 Å². The Bertz CT molecular complexity index is 1360. The number of fused-ring (bicyclic) bond motifs is 1. The molecule has 0 saturated carbocycles. The Hall–Kier alpha value is -3.87. The highest BCUT2D eigenvalue weighted by molar-refractivity contribution is 7.14. The summed E-state index contributed by atoms with van der Waals surface area (Å²) >= 11 is 1.01. The highest BCUT2D eigenvalue weighted by Gasteiger charge is 2.28. The lowest BCUT2D eigenvalue weighted by Crippen LogP contribution is -2.39. The van der Waals surface area contributed by atoms with E-state index in [4.69, 9.17) is 0 Å². The van der Waals surface area contributed by atoms with Gasteiger partial charge in [-0.1, -0.05) is 17.4 Å². The Kier molecular flexibility index (Phi) is 6.78. The average Bonchev–Trinajstić information content (AvgIpc) is 3.27. The number of rotatable bonds is 3. The molecule has 0 spiro atoms. The molecule has 0 bridgehead atoms. The van der Waals surface area contributed by atoms with Gasteiger partial charge in [0, 0.05) is 58.8 Å². The molecule has 10 nitrogen and oxygen atoms in total. The number of amides is 2. The highest BCUT2D eigenvalue weighted by atomic mass is 32.1. The number of nitrogens with zero attached hydrogens (tertiary/aromatic N) is 5. The Morgan fingerprint density at radius 1 is 1.14 bits per heavy atom. The van der Waals surface area contributed by atoms with Crippen LogP contribution in [-0.4, -0.2) is 70.4 Å². The third-order valence-electron chi connectivity index (χ3n) is 5.57. The lowest BCUT2D eigenvalue weighted by molar-refractivity contribution is -0.120. The van der Waals surface area contributed by atoms with Crippen LogP contribution in [0.15, 0.2) is 29.2 Å². The van der Waals surface area contributed by atoms with Crippen molar-refractivity contribution in [1.82, 2.24) is 25.1 Å². The zero-order valence-electron chi connectivity index (χ0n) is 18.9. The van der Waals surface area contributed by atoms with Crippen LogP contribution in [-0.2, 0) is 11.2 Å². The molecule has 35 heavy (non-hydrogen) atoms. The van der Waals surface area contributed by atoms with Crippen molar-refractivity contribution >= 4 is 23.2 Å². The molecule has 2 N–H and O–H groups in total. The number of benzene rings is 1. The molecule has 0 aliphatic carbocycles. The maximum Gasteiger partial charge on any atom is 0.276 e. The number of aromatic hydroxyl groups is 1. The van der Waals surface area contributed by atoms with Gasteiger partial charge in [-0.25, -0.2) is 8.78 Å². The van der Waals surface area contributed by atoms with Gasteiger partial charge in [-0.2, -0.15) is 0 Å². The van der Waals surface area contributed by atoms with E-state index in [-0.39, 0.29) is 60.2 Å². The molecule has 2 aromatic heterocycles. The van der Waals surface area contributed by atoms with Crippen LogP contribution in [0.1, 0.15) is 27.5 Å². The molecular weight excluding hydrogens is 482 g/mol. The number of likely N-dealkylation sites (N-methyl/N-ethyl adjacent to an activating group) is 1. The summed E-state index contributed by atoms with van der Waals surface area (Å²) in [6.45, 7) is 0.613. The first-order chi connectivity index (χ1) is 16.7. The predicted molar refractivity (Wildman–Crippen MR) is 124 cm³/mol. The van der Waals surface area contributed by atoms with Gasteiger partial charge in [-0.05, 0) is 11.6 Å². The number of carbonyl (C=O) groups excluding carboxylic acids is 2. The van der Waals surface area contributed by atoms with Crippen LogP contribution in [0.3, 0.4) is 0 Å². The van der Waals surface area contributed by atoms with E-state index in [1.807, 2.05) is 0 Å². The summed E-state index contributed by atoms with van der Waals surface area (Å²) in [7, 11) is 3.11. The molecule has 0 radical (unpaired) electrons. The minimum absolute atomic E-state index is 0.0174. The number of hydrogen-bond donors (Lipinski definition) is 2. The molecule has 3 aromatic rings. The standard InChI is InChI=1S/C22H22F2N6O4S/c1-28-8-6-25-16(31)5-7-29(2)30-11-14(19(32)20(33)18(30)22(28)34)21-27-26-17(35-21)9-12-3-4-13(23)10-15(12)24/h3-4,10-11,33H,5-9H2,1-2H3,(H,25,31). The van der Waals surface area contributed by atoms with E-state index in [0.29, 0.717) is 5.01 Å². The number of hydrogen-bond acceptors (Lipinski definition) is 8. The topological polar surface area (TPSA) is 121 Å². The molecule has 184 valence electrons. The number of carbonyl (C=O) groups is 2. The van der Waals surface area contributed by atoms with Gasteiger partial charge in [0.05, 0.1) is 5.56 Å². The van der Waals surface area contributed by atoms with Gasteiger partial charge in [-0.15, -0.1) is 10.2 Å². The lowest BCUT2D eigenvalue weighted by Gasteiger charge is -2.27. The van der Waals surface area contributed by atoms with Gasteiger partial charge in [0.1, 0.15) is 16.6 Å². The summed E-state index contributed by atoms with van der Waals surface area (Å²) in [5.41, 5.74) is -0.861. The van der Waals surface area contributed by atoms with Crippen molar-refractivity contribution in [3.8, 4) is 16.3 Å². The molecule has 0 saturated heterocycles. The van der Waals surface area contributed by atoms with E-state index in [2.05, 4.69) is 15.5 Å². The van der Waals surface area contributed by atoms with Gasteiger partial charge >= 0.3 is 0 Å². The smallest absolute Gasteiger partial charge is 0.276 e. The molecule has 3 heterocycles.